The minimum Gasteiger partial charge on any atom is -0.399 e. The van der Waals surface area contributed by atoms with E-state index in [0.717, 1.165) is 69.8 Å². The predicted octanol–water partition coefficient (Wildman–Crippen LogP) is 2.66. The molecule has 5 aliphatic rings. The summed E-state index contributed by atoms with van der Waals surface area (Å²) in [5.41, 5.74) is 7.78. The Hall–Kier alpha value is -2.80. The quantitative estimate of drug-likeness (QED) is 0.624. The molecule has 7 rings (SSSR count). The second-order valence-corrected chi connectivity index (χ2v) is 10.6. The van der Waals surface area contributed by atoms with E-state index < -0.39 is 5.60 Å². The van der Waals surface area contributed by atoms with E-state index in [0.29, 0.717) is 23.4 Å². The Labute approximate surface area is 195 Å². The molecule has 1 amide bonds. The van der Waals surface area contributed by atoms with Crippen LogP contribution in [0.5, 0.6) is 0 Å². The van der Waals surface area contributed by atoms with Gasteiger partial charge in [0.1, 0.15) is 11.5 Å². The molecular formula is C26H33N5O2. The molecule has 0 radical (unpaired) electrons. The van der Waals surface area contributed by atoms with E-state index in [1.165, 1.54) is 5.69 Å². The highest BCUT2D eigenvalue weighted by molar-refractivity contribution is 5.93. The Kier molecular flexibility index (Phi) is 4.98. The minimum atomic E-state index is -0.482. The maximum Gasteiger partial charge on any atom is 0.270 e. The van der Waals surface area contributed by atoms with Crippen molar-refractivity contribution in [2.45, 2.75) is 43.7 Å². The molecule has 2 aromatic rings. The number of hydrogen-bond acceptors (Lipinski definition) is 6. The number of nitrogens with zero attached hydrogens (tertiary/aromatic N) is 3. The van der Waals surface area contributed by atoms with Gasteiger partial charge in [0.05, 0.1) is 5.60 Å². The number of anilines is 3. The zero-order valence-corrected chi connectivity index (χ0v) is 19.0. The van der Waals surface area contributed by atoms with Gasteiger partial charge in [-0.05, 0) is 86.3 Å². The molecule has 5 fully saturated rings. The number of aromatic nitrogens is 1. The van der Waals surface area contributed by atoms with E-state index in [4.69, 9.17) is 10.7 Å². The van der Waals surface area contributed by atoms with E-state index in [2.05, 4.69) is 27.2 Å². The largest absolute Gasteiger partial charge is 0.399 e. The molecule has 4 saturated carbocycles. The molecule has 1 aliphatic heterocycles. The lowest BCUT2D eigenvalue weighted by Gasteiger charge is -2.58. The van der Waals surface area contributed by atoms with Gasteiger partial charge in [-0.2, -0.15) is 0 Å². The molecular weight excluding hydrogens is 414 g/mol. The molecule has 2 atom stereocenters. The first-order chi connectivity index (χ1) is 16.0. The smallest absolute Gasteiger partial charge is 0.270 e. The van der Waals surface area contributed by atoms with Crippen LogP contribution in [0.15, 0.2) is 42.5 Å². The number of benzene rings is 1. The zero-order chi connectivity index (χ0) is 22.6. The Bertz CT molecular complexity index is 1020. The molecule has 2 heterocycles. The van der Waals surface area contributed by atoms with Gasteiger partial charge in [0.2, 0.25) is 0 Å². The van der Waals surface area contributed by atoms with Gasteiger partial charge in [-0.3, -0.25) is 4.79 Å². The van der Waals surface area contributed by atoms with Crippen LogP contribution >= 0.6 is 0 Å². The molecule has 2 unspecified atom stereocenters. The van der Waals surface area contributed by atoms with Gasteiger partial charge in [-0.15, -0.1) is 0 Å². The van der Waals surface area contributed by atoms with Gasteiger partial charge < -0.3 is 26.0 Å². The third-order valence-electron chi connectivity index (χ3n) is 8.37. The van der Waals surface area contributed by atoms with E-state index in [1.807, 2.05) is 30.3 Å². The van der Waals surface area contributed by atoms with Crippen LogP contribution in [-0.4, -0.2) is 53.8 Å². The van der Waals surface area contributed by atoms with E-state index in [1.54, 1.807) is 0 Å². The number of amides is 1. The second-order valence-electron chi connectivity index (χ2n) is 10.6. The normalized spacial score (nSPS) is 32.8. The third kappa shape index (κ3) is 3.92. The lowest BCUT2D eigenvalue weighted by Crippen LogP contribution is -2.61. The number of pyridine rings is 1. The van der Waals surface area contributed by atoms with E-state index in [9.17, 15) is 9.90 Å². The minimum absolute atomic E-state index is 0.0816. The van der Waals surface area contributed by atoms with Crippen molar-refractivity contribution in [2.24, 2.45) is 17.8 Å². The van der Waals surface area contributed by atoms with Crippen molar-refractivity contribution in [2.75, 3.05) is 41.7 Å². The number of nitrogens with two attached hydrogens (primary N) is 1. The van der Waals surface area contributed by atoms with Crippen molar-refractivity contribution in [1.82, 2.24) is 10.3 Å². The summed E-state index contributed by atoms with van der Waals surface area (Å²) >= 11 is 0. The molecule has 4 aliphatic carbocycles. The van der Waals surface area contributed by atoms with Gasteiger partial charge in [0.15, 0.2) is 0 Å². The SMILES string of the molecule is Nc1ccc(N2CCN(c3cccc(C(=O)NC4C5CC6CC4CC(O)(C6)C5)n3)CC2)cc1. The molecule has 174 valence electrons. The highest BCUT2D eigenvalue weighted by Gasteiger charge is 2.55. The van der Waals surface area contributed by atoms with Gasteiger partial charge in [-0.1, -0.05) is 6.07 Å². The summed E-state index contributed by atoms with van der Waals surface area (Å²) in [6.45, 7) is 3.51. The maximum atomic E-state index is 13.1. The summed E-state index contributed by atoms with van der Waals surface area (Å²) in [6, 6.07) is 13.9. The summed E-state index contributed by atoms with van der Waals surface area (Å²) in [5, 5.41) is 14.1. The van der Waals surface area contributed by atoms with Crippen LogP contribution in [0.2, 0.25) is 0 Å². The maximum absolute atomic E-state index is 13.1. The van der Waals surface area contributed by atoms with Crippen LogP contribution in [0.4, 0.5) is 17.2 Å². The number of hydrogen-bond donors (Lipinski definition) is 3. The number of piperazine rings is 1. The fourth-order valence-electron chi connectivity index (χ4n) is 7.05. The van der Waals surface area contributed by atoms with Crippen LogP contribution in [0.1, 0.15) is 42.6 Å². The summed E-state index contributed by atoms with van der Waals surface area (Å²) in [5.74, 6) is 2.21. The Morgan fingerprint density at radius 1 is 0.970 bits per heavy atom. The molecule has 7 heteroatoms. The monoisotopic (exact) mass is 447 g/mol. The molecule has 4 bridgehead atoms. The molecule has 4 N–H and O–H groups in total. The van der Waals surface area contributed by atoms with Crippen molar-refractivity contribution in [3.05, 3.63) is 48.2 Å². The number of rotatable bonds is 4. The molecule has 7 nitrogen and oxygen atoms in total. The molecule has 33 heavy (non-hydrogen) atoms. The van der Waals surface area contributed by atoms with Crippen LogP contribution in [0, 0.1) is 17.8 Å². The van der Waals surface area contributed by atoms with Crippen molar-refractivity contribution in [3.8, 4) is 0 Å². The third-order valence-corrected chi connectivity index (χ3v) is 8.37. The predicted molar refractivity (Wildman–Crippen MR) is 129 cm³/mol. The molecule has 1 aromatic carbocycles. The lowest BCUT2D eigenvalue weighted by molar-refractivity contribution is -0.136. The molecule has 0 spiro atoms. The zero-order valence-electron chi connectivity index (χ0n) is 19.0. The number of nitrogen functional groups attached to an aromatic ring is 1. The number of carbonyl (C=O) groups is 1. The van der Waals surface area contributed by atoms with Gasteiger partial charge in [-0.25, -0.2) is 4.98 Å². The summed E-state index contributed by atoms with van der Waals surface area (Å²) < 4.78 is 0. The van der Waals surface area contributed by atoms with E-state index >= 15 is 0 Å². The summed E-state index contributed by atoms with van der Waals surface area (Å²) in [7, 11) is 0. The first-order valence-electron chi connectivity index (χ1n) is 12.3. The van der Waals surface area contributed by atoms with Crippen molar-refractivity contribution in [3.63, 3.8) is 0 Å². The van der Waals surface area contributed by atoms with Crippen LogP contribution in [-0.2, 0) is 0 Å². The van der Waals surface area contributed by atoms with Gasteiger partial charge in [0, 0.05) is 43.6 Å². The van der Waals surface area contributed by atoms with Crippen molar-refractivity contribution < 1.29 is 9.90 Å². The van der Waals surface area contributed by atoms with Gasteiger partial charge >= 0.3 is 0 Å². The van der Waals surface area contributed by atoms with Crippen LogP contribution < -0.4 is 20.9 Å². The number of aliphatic hydroxyl groups is 1. The Morgan fingerprint density at radius 2 is 1.64 bits per heavy atom. The average Bonchev–Trinajstić information content (AvgIpc) is 2.81. The van der Waals surface area contributed by atoms with Crippen LogP contribution in [0.3, 0.4) is 0 Å². The molecule has 1 aromatic heterocycles. The fourth-order valence-corrected chi connectivity index (χ4v) is 7.05. The number of carbonyl (C=O) groups excluding carboxylic acids is 1. The standard InChI is InChI=1S/C26H33N5O2/c27-20-4-6-21(7-5-20)30-8-10-31(11-9-30)23-3-1-2-22(28-23)25(32)29-24-18-12-17-13-19(24)16-26(33,14-17)15-18/h1-7,17-19,24,33H,8-16,27H2,(H,29,32). The lowest BCUT2D eigenvalue weighted by atomic mass is 9.52. The summed E-state index contributed by atoms with van der Waals surface area (Å²) in [4.78, 5) is 22.5. The van der Waals surface area contributed by atoms with E-state index in [-0.39, 0.29) is 11.9 Å². The highest BCUT2D eigenvalue weighted by Crippen LogP contribution is 2.55. The van der Waals surface area contributed by atoms with Crippen LogP contribution in [0.25, 0.3) is 0 Å². The second kappa shape index (κ2) is 7.90. The highest BCUT2D eigenvalue weighted by atomic mass is 16.3. The van der Waals surface area contributed by atoms with Crippen molar-refractivity contribution in [1.29, 1.82) is 0 Å². The van der Waals surface area contributed by atoms with Crippen molar-refractivity contribution >= 4 is 23.1 Å². The Balaban J connectivity index is 1.10. The topological polar surface area (TPSA) is 94.7 Å². The summed E-state index contributed by atoms with van der Waals surface area (Å²) in [6.07, 6.45) is 4.88. The first kappa shape index (κ1) is 20.8. The fraction of sp³-hybridized carbons (Fsp3) is 0.538. The average molecular weight is 448 g/mol. The van der Waals surface area contributed by atoms with Gasteiger partial charge in [0.25, 0.3) is 5.91 Å². The Morgan fingerprint density at radius 3 is 2.30 bits per heavy atom. The molecule has 1 saturated heterocycles. The number of nitrogens with one attached hydrogen (secondary N) is 1. The first-order valence-corrected chi connectivity index (χ1v) is 12.3.